The molecule has 0 saturated carbocycles. The number of aromatic nitrogens is 2. The maximum Gasteiger partial charge on any atom is 0.144 e. The number of fused-ring (bicyclic) bond motifs is 1. The molecule has 34 heavy (non-hydrogen) atoms. The first-order valence-corrected chi connectivity index (χ1v) is 12.2. The first-order chi connectivity index (χ1) is 16.5. The van der Waals surface area contributed by atoms with E-state index in [2.05, 4.69) is 28.2 Å². The number of thiazole rings is 1. The summed E-state index contributed by atoms with van der Waals surface area (Å²) >= 11 is 7.63. The molecule has 0 spiro atoms. The number of Topliss-reactive ketones (excluding diaryl/α,β-unsaturated/α-hetero) is 1. The van der Waals surface area contributed by atoms with E-state index in [-0.39, 0.29) is 5.78 Å². The Morgan fingerprint density at radius 1 is 1.06 bits per heavy atom. The Labute approximate surface area is 207 Å². The van der Waals surface area contributed by atoms with Crippen LogP contribution in [0.1, 0.15) is 33.1 Å². The van der Waals surface area contributed by atoms with Gasteiger partial charge < -0.3 is 0 Å². The molecular formula is C28H22ClN3OS. The number of benzene rings is 2. The second kappa shape index (κ2) is 9.84. The highest BCUT2D eigenvalue weighted by molar-refractivity contribution is 7.15. The van der Waals surface area contributed by atoms with Crippen molar-refractivity contribution >= 4 is 40.5 Å². The largest absolute Gasteiger partial charge is 0.299 e. The molecule has 0 N–H and O–H groups in total. The van der Waals surface area contributed by atoms with Crippen molar-refractivity contribution < 1.29 is 4.79 Å². The van der Waals surface area contributed by atoms with Gasteiger partial charge >= 0.3 is 0 Å². The highest BCUT2D eigenvalue weighted by atomic mass is 35.5. The van der Waals surface area contributed by atoms with Gasteiger partial charge in [0, 0.05) is 23.2 Å². The Bertz CT molecular complexity index is 1420. The van der Waals surface area contributed by atoms with Crippen molar-refractivity contribution in [3.8, 4) is 10.4 Å². The molecular weight excluding hydrogens is 462 g/mol. The van der Waals surface area contributed by atoms with E-state index in [1.807, 2.05) is 61.5 Å². The number of halogens is 1. The highest BCUT2D eigenvalue weighted by Gasteiger charge is 2.18. The maximum absolute atomic E-state index is 12.6. The van der Waals surface area contributed by atoms with Crippen LogP contribution < -0.4 is 0 Å². The first-order valence-electron chi connectivity index (χ1n) is 11.0. The Kier molecular flexibility index (Phi) is 6.48. The summed E-state index contributed by atoms with van der Waals surface area (Å²) in [6.45, 7) is 2.66. The van der Waals surface area contributed by atoms with Crippen LogP contribution in [0.25, 0.3) is 16.5 Å². The lowest BCUT2D eigenvalue weighted by Crippen LogP contribution is -2.06. The summed E-state index contributed by atoms with van der Waals surface area (Å²) in [6, 6.07) is 19.7. The SMILES string of the molecule is Cc1nc(CC(=O)Cc2cccc(Cl)c2)sc1-c1ccc2c(c1)CN=C2/C=C/c1ccccn1. The molecule has 0 saturated heterocycles. The van der Waals surface area contributed by atoms with Crippen LogP contribution in [0.3, 0.4) is 0 Å². The second-order valence-corrected chi connectivity index (χ2v) is 9.73. The third kappa shape index (κ3) is 5.06. The lowest BCUT2D eigenvalue weighted by atomic mass is 10.0. The average Bonchev–Trinajstić information content (AvgIpc) is 3.40. The number of rotatable bonds is 7. The van der Waals surface area contributed by atoms with Gasteiger partial charge in [-0.2, -0.15) is 0 Å². The highest BCUT2D eigenvalue weighted by Crippen LogP contribution is 2.33. The summed E-state index contributed by atoms with van der Waals surface area (Å²) in [5.74, 6) is 0.134. The zero-order chi connectivity index (χ0) is 23.5. The minimum absolute atomic E-state index is 0.134. The van der Waals surface area contributed by atoms with E-state index in [9.17, 15) is 4.79 Å². The summed E-state index contributed by atoms with van der Waals surface area (Å²) in [6.07, 6.45) is 6.48. The number of hydrogen-bond donors (Lipinski definition) is 0. The Balaban J connectivity index is 1.30. The van der Waals surface area contributed by atoms with E-state index in [0.29, 0.717) is 24.4 Å². The molecule has 3 heterocycles. The van der Waals surface area contributed by atoms with Crippen LogP contribution in [0.5, 0.6) is 0 Å². The first kappa shape index (κ1) is 22.4. The number of aryl methyl sites for hydroxylation is 1. The Hall–Kier alpha value is -3.41. The fourth-order valence-electron chi connectivity index (χ4n) is 4.05. The third-order valence-corrected chi connectivity index (χ3v) is 7.08. The van der Waals surface area contributed by atoms with Crippen molar-refractivity contribution in [3.63, 3.8) is 0 Å². The van der Waals surface area contributed by atoms with Crippen LogP contribution in [0.4, 0.5) is 0 Å². The molecule has 0 bridgehead atoms. The van der Waals surface area contributed by atoms with E-state index < -0.39 is 0 Å². The monoisotopic (exact) mass is 483 g/mol. The van der Waals surface area contributed by atoms with Crippen molar-refractivity contribution in [3.05, 3.63) is 111 Å². The molecule has 0 amide bonds. The summed E-state index contributed by atoms with van der Waals surface area (Å²) in [7, 11) is 0. The van der Waals surface area contributed by atoms with Crippen LogP contribution >= 0.6 is 22.9 Å². The summed E-state index contributed by atoms with van der Waals surface area (Å²) in [5, 5.41) is 1.49. The van der Waals surface area contributed by atoms with Crippen molar-refractivity contribution in [2.45, 2.75) is 26.3 Å². The normalized spacial score (nSPS) is 12.7. The Morgan fingerprint density at radius 2 is 1.97 bits per heavy atom. The van der Waals surface area contributed by atoms with Crippen molar-refractivity contribution in [1.82, 2.24) is 9.97 Å². The van der Waals surface area contributed by atoms with Gasteiger partial charge in [-0.05, 0) is 66.1 Å². The van der Waals surface area contributed by atoms with Crippen molar-refractivity contribution in [2.24, 2.45) is 4.99 Å². The van der Waals surface area contributed by atoms with Crippen LogP contribution in [-0.4, -0.2) is 21.5 Å². The molecule has 0 aliphatic carbocycles. The topological polar surface area (TPSA) is 55.2 Å². The van der Waals surface area contributed by atoms with Crippen molar-refractivity contribution in [1.29, 1.82) is 0 Å². The smallest absolute Gasteiger partial charge is 0.144 e. The molecule has 168 valence electrons. The van der Waals surface area contributed by atoms with Gasteiger partial charge in [0.2, 0.25) is 0 Å². The minimum atomic E-state index is 0.134. The van der Waals surface area contributed by atoms with E-state index in [4.69, 9.17) is 16.6 Å². The number of nitrogens with zero attached hydrogens (tertiary/aromatic N) is 3. The molecule has 2 aromatic heterocycles. The molecule has 4 nitrogen and oxygen atoms in total. The number of carbonyl (C=O) groups is 1. The van der Waals surface area contributed by atoms with Crippen molar-refractivity contribution in [2.75, 3.05) is 0 Å². The van der Waals surface area contributed by atoms with Gasteiger partial charge in [0.1, 0.15) is 10.8 Å². The van der Waals surface area contributed by atoms with E-state index in [1.54, 1.807) is 17.5 Å². The van der Waals surface area contributed by atoms with Gasteiger partial charge in [0.05, 0.1) is 34.9 Å². The molecule has 5 rings (SSSR count). The number of aliphatic imine (C=N–C) groups is 1. The lowest BCUT2D eigenvalue weighted by Gasteiger charge is -2.04. The van der Waals surface area contributed by atoms with Gasteiger partial charge in [-0.3, -0.25) is 14.8 Å². The zero-order valence-electron chi connectivity index (χ0n) is 18.7. The summed E-state index contributed by atoms with van der Waals surface area (Å²) in [4.78, 5) is 27.4. The number of allylic oxidation sites excluding steroid dienone is 1. The fourth-order valence-corrected chi connectivity index (χ4v) is 5.36. The van der Waals surface area contributed by atoms with Gasteiger partial charge in [0.25, 0.3) is 0 Å². The molecule has 6 heteroatoms. The number of pyridine rings is 1. The lowest BCUT2D eigenvalue weighted by molar-refractivity contribution is -0.117. The molecule has 0 radical (unpaired) electrons. The fraction of sp³-hybridized carbons (Fsp3) is 0.143. The van der Waals surface area contributed by atoms with Crippen LogP contribution in [0.2, 0.25) is 5.02 Å². The van der Waals surface area contributed by atoms with E-state index >= 15 is 0 Å². The molecule has 4 aromatic rings. The molecule has 0 atom stereocenters. The van der Waals surface area contributed by atoms with Gasteiger partial charge in [-0.15, -0.1) is 11.3 Å². The van der Waals surface area contributed by atoms with E-state index in [0.717, 1.165) is 43.7 Å². The van der Waals surface area contributed by atoms with Gasteiger partial charge in [0.15, 0.2) is 0 Å². The molecule has 2 aromatic carbocycles. The summed E-state index contributed by atoms with van der Waals surface area (Å²) < 4.78 is 0. The number of carbonyl (C=O) groups excluding carboxylic acids is 1. The molecule has 0 fully saturated rings. The van der Waals surface area contributed by atoms with Crippen LogP contribution in [-0.2, 0) is 24.2 Å². The maximum atomic E-state index is 12.6. The number of ketones is 1. The zero-order valence-corrected chi connectivity index (χ0v) is 20.2. The minimum Gasteiger partial charge on any atom is -0.299 e. The second-order valence-electron chi connectivity index (χ2n) is 8.21. The molecule has 0 unspecified atom stereocenters. The third-order valence-electron chi connectivity index (χ3n) is 5.64. The predicted molar refractivity (Wildman–Crippen MR) is 140 cm³/mol. The quantitative estimate of drug-likeness (QED) is 0.300. The summed E-state index contributed by atoms with van der Waals surface area (Å²) in [5.41, 5.74) is 7.22. The number of hydrogen-bond acceptors (Lipinski definition) is 5. The van der Waals surface area contributed by atoms with Crippen LogP contribution in [0, 0.1) is 6.92 Å². The van der Waals surface area contributed by atoms with E-state index in [1.165, 1.54) is 5.56 Å². The predicted octanol–water partition coefficient (Wildman–Crippen LogP) is 6.54. The van der Waals surface area contributed by atoms with Crippen LogP contribution in [0.15, 0.2) is 77.9 Å². The van der Waals surface area contributed by atoms with Gasteiger partial charge in [-0.25, -0.2) is 4.98 Å². The Morgan fingerprint density at radius 3 is 2.79 bits per heavy atom. The average molecular weight is 484 g/mol. The molecule has 1 aliphatic rings. The van der Waals surface area contributed by atoms with Gasteiger partial charge in [-0.1, -0.05) is 41.9 Å². The molecule has 1 aliphatic heterocycles. The standard InChI is InChI=1S/C28H22ClN3OS/c1-18-28(34-27(32-18)16-24(33)14-19-5-4-6-22(29)13-19)20-8-10-25-21(15-20)17-31-26(25)11-9-23-7-2-3-12-30-23/h2-13,15H,14,16-17H2,1H3/b11-9+.